The van der Waals surface area contributed by atoms with Gasteiger partial charge in [0.05, 0.1) is 22.0 Å². The van der Waals surface area contributed by atoms with Crippen LogP contribution in [-0.4, -0.2) is 19.7 Å². The second kappa shape index (κ2) is 4.16. The van der Waals surface area contributed by atoms with E-state index in [9.17, 15) is 10.1 Å². The van der Waals surface area contributed by atoms with Crippen molar-refractivity contribution in [3.8, 4) is 11.1 Å². The van der Waals surface area contributed by atoms with Crippen molar-refractivity contribution >= 4 is 16.6 Å². The van der Waals surface area contributed by atoms with Gasteiger partial charge in [-0.25, -0.2) is 0 Å². The zero-order chi connectivity index (χ0) is 13.4. The third-order valence-corrected chi connectivity index (χ3v) is 2.94. The van der Waals surface area contributed by atoms with Gasteiger partial charge in [0.1, 0.15) is 0 Å². The second-order valence-electron chi connectivity index (χ2n) is 4.23. The van der Waals surface area contributed by atoms with Crippen molar-refractivity contribution in [2.75, 3.05) is 0 Å². The molecule has 0 atom stereocenters. The van der Waals surface area contributed by atoms with Crippen LogP contribution in [0.5, 0.6) is 0 Å². The minimum absolute atomic E-state index is 0.0655. The summed E-state index contributed by atoms with van der Waals surface area (Å²) >= 11 is 0. The third-order valence-electron chi connectivity index (χ3n) is 2.94. The summed E-state index contributed by atoms with van der Waals surface area (Å²) in [5.41, 5.74) is 2.38. The van der Waals surface area contributed by atoms with Crippen LogP contribution in [0, 0.1) is 10.1 Å². The van der Waals surface area contributed by atoms with E-state index in [1.54, 1.807) is 35.3 Å². The van der Waals surface area contributed by atoms with Gasteiger partial charge in [-0.15, -0.1) is 0 Å². The molecule has 3 rings (SSSR count). The molecule has 0 unspecified atom stereocenters. The SMILES string of the molecule is Cn1cc(-c2cnc3cccc([N+](=O)[O-])c3c2)cn1. The fraction of sp³-hybridized carbons (Fsp3) is 0.0769. The van der Waals surface area contributed by atoms with Crippen molar-refractivity contribution in [3.63, 3.8) is 0 Å². The maximum absolute atomic E-state index is 11.0. The molecule has 3 aromatic rings. The molecule has 0 bridgehead atoms. The minimum Gasteiger partial charge on any atom is -0.275 e. The lowest BCUT2D eigenvalue weighted by Gasteiger charge is -2.01. The fourth-order valence-electron chi connectivity index (χ4n) is 2.02. The van der Waals surface area contributed by atoms with Crippen LogP contribution in [0.2, 0.25) is 0 Å². The second-order valence-corrected chi connectivity index (χ2v) is 4.23. The molecule has 0 aliphatic heterocycles. The van der Waals surface area contributed by atoms with Gasteiger partial charge in [0.2, 0.25) is 0 Å². The highest BCUT2D eigenvalue weighted by atomic mass is 16.6. The van der Waals surface area contributed by atoms with Crippen molar-refractivity contribution in [2.24, 2.45) is 7.05 Å². The van der Waals surface area contributed by atoms with Crippen LogP contribution < -0.4 is 0 Å². The summed E-state index contributed by atoms with van der Waals surface area (Å²) in [6, 6.07) is 6.65. The van der Waals surface area contributed by atoms with Crippen molar-refractivity contribution in [2.45, 2.75) is 0 Å². The van der Waals surface area contributed by atoms with E-state index in [4.69, 9.17) is 0 Å². The molecule has 94 valence electrons. The van der Waals surface area contributed by atoms with E-state index in [0.717, 1.165) is 11.1 Å². The molecule has 6 heteroatoms. The van der Waals surface area contributed by atoms with Crippen LogP contribution in [0.25, 0.3) is 22.0 Å². The lowest BCUT2D eigenvalue weighted by atomic mass is 10.1. The molecular weight excluding hydrogens is 244 g/mol. The number of nitro groups is 1. The molecular formula is C13H10N4O2. The van der Waals surface area contributed by atoms with Crippen LogP contribution in [-0.2, 0) is 7.05 Å². The van der Waals surface area contributed by atoms with Gasteiger partial charge in [-0.05, 0) is 12.1 Å². The first-order chi connectivity index (χ1) is 9.15. The number of rotatable bonds is 2. The van der Waals surface area contributed by atoms with E-state index < -0.39 is 4.92 Å². The van der Waals surface area contributed by atoms with E-state index in [0.29, 0.717) is 10.9 Å². The van der Waals surface area contributed by atoms with E-state index in [2.05, 4.69) is 10.1 Å². The normalized spacial score (nSPS) is 10.8. The summed E-state index contributed by atoms with van der Waals surface area (Å²) in [7, 11) is 1.82. The lowest BCUT2D eigenvalue weighted by Crippen LogP contribution is -1.91. The molecule has 0 spiro atoms. The highest BCUT2D eigenvalue weighted by molar-refractivity contribution is 5.90. The third kappa shape index (κ3) is 1.93. The highest BCUT2D eigenvalue weighted by Gasteiger charge is 2.13. The van der Waals surface area contributed by atoms with E-state index in [1.165, 1.54) is 6.07 Å². The minimum atomic E-state index is -0.392. The molecule has 2 aromatic heterocycles. The Labute approximate surface area is 108 Å². The van der Waals surface area contributed by atoms with E-state index >= 15 is 0 Å². The number of fused-ring (bicyclic) bond motifs is 1. The zero-order valence-corrected chi connectivity index (χ0v) is 10.1. The number of aryl methyl sites for hydroxylation is 1. The Hall–Kier alpha value is -2.76. The topological polar surface area (TPSA) is 73.8 Å². The maximum atomic E-state index is 11.0. The fourth-order valence-corrected chi connectivity index (χ4v) is 2.02. The lowest BCUT2D eigenvalue weighted by molar-refractivity contribution is -0.383. The van der Waals surface area contributed by atoms with Crippen LogP contribution in [0.4, 0.5) is 5.69 Å². The Morgan fingerprint density at radius 2 is 2.11 bits per heavy atom. The largest absolute Gasteiger partial charge is 0.278 e. The molecule has 0 amide bonds. The molecule has 0 N–H and O–H groups in total. The first-order valence-electron chi connectivity index (χ1n) is 5.67. The molecule has 0 aliphatic rings. The highest BCUT2D eigenvalue weighted by Crippen LogP contribution is 2.28. The van der Waals surface area contributed by atoms with Crippen LogP contribution >= 0.6 is 0 Å². The standard InChI is InChI=1S/C13H10N4O2/c1-16-8-10(7-15-16)9-5-11-12(14-6-9)3-2-4-13(11)17(18)19/h2-8H,1H3. The molecule has 0 saturated carbocycles. The quantitative estimate of drug-likeness (QED) is 0.520. The summed E-state index contributed by atoms with van der Waals surface area (Å²) in [5.74, 6) is 0. The summed E-state index contributed by atoms with van der Waals surface area (Å²) in [6.07, 6.45) is 5.25. The van der Waals surface area contributed by atoms with Gasteiger partial charge in [0, 0.05) is 36.6 Å². The predicted molar refractivity (Wildman–Crippen MR) is 70.6 cm³/mol. The first kappa shape index (κ1) is 11.3. The number of benzene rings is 1. The Morgan fingerprint density at radius 1 is 1.26 bits per heavy atom. The first-order valence-corrected chi connectivity index (χ1v) is 5.67. The average molecular weight is 254 g/mol. The Morgan fingerprint density at radius 3 is 2.79 bits per heavy atom. The molecule has 0 saturated heterocycles. The summed E-state index contributed by atoms with van der Waals surface area (Å²) in [4.78, 5) is 14.9. The maximum Gasteiger partial charge on any atom is 0.278 e. The van der Waals surface area contributed by atoms with Crippen molar-refractivity contribution < 1.29 is 4.92 Å². The van der Waals surface area contributed by atoms with Crippen LogP contribution in [0.3, 0.4) is 0 Å². The molecule has 6 nitrogen and oxygen atoms in total. The van der Waals surface area contributed by atoms with Gasteiger partial charge in [0.25, 0.3) is 5.69 Å². The number of non-ortho nitro benzene ring substituents is 1. The van der Waals surface area contributed by atoms with Crippen molar-refractivity contribution in [1.29, 1.82) is 0 Å². The molecule has 19 heavy (non-hydrogen) atoms. The number of nitrogens with zero attached hydrogens (tertiary/aromatic N) is 4. The summed E-state index contributed by atoms with van der Waals surface area (Å²) in [5, 5.41) is 15.6. The number of hydrogen-bond donors (Lipinski definition) is 0. The number of nitro benzene ring substituents is 1. The predicted octanol–water partition coefficient (Wildman–Crippen LogP) is 2.54. The average Bonchev–Trinajstić information content (AvgIpc) is 2.84. The van der Waals surface area contributed by atoms with Gasteiger partial charge in [-0.1, -0.05) is 6.07 Å². The zero-order valence-electron chi connectivity index (χ0n) is 10.1. The number of pyridine rings is 1. The van der Waals surface area contributed by atoms with Crippen molar-refractivity contribution in [3.05, 3.63) is 53.0 Å². The monoisotopic (exact) mass is 254 g/mol. The smallest absolute Gasteiger partial charge is 0.275 e. The molecule has 1 aromatic carbocycles. The Balaban J connectivity index is 2.24. The molecule has 2 heterocycles. The number of aromatic nitrogens is 3. The van der Waals surface area contributed by atoms with Gasteiger partial charge in [0.15, 0.2) is 0 Å². The van der Waals surface area contributed by atoms with Crippen LogP contribution in [0.1, 0.15) is 0 Å². The molecule has 0 fully saturated rings. The van der Waals surface area contributed by atoms with E-state index in [-0.39, 0.29) is 5.69 Å². The van der Waals surface area contributed by atoms with Gasteiger partial charge in [-0.3, -0.25) is 19.8 Å². The van der Waals surface area contributed by atoms with Gasteiger partial charge >= 0.3 is 0 Å². The summed E-state index contributed by atoms with van der Waals surface area (Å²) in [6.45, 7) is 0. The summed E-state index contributed by atoms with van der Waals surface area (Å²) < 4.78 is 1.68. The molecule has 0 aliphatic carbocycles. The van der Waals surface area contributed by atoms with E-state index in [1.807, 2.05) is 13.2 Å². The molecule has 0 radical (unpaired) electrons. The van der Waals surface area contributed by atoms with Crippen LogP contribution in [0.15, 0.2) is 42.9 Å². The van der Waals surface area contributed by atoms with Crippen molar-refractivity contribution in [1.82, 2.24) is 14.8 Å². The number of hydrogen-bond acceptors (Lipinski definition) is 4. The van der Waals surface area contributed by atoms with Gasteiger partial charge < -0.3 is 0 Å². The Kier molecular flexibility index (Phi) is 2.49. The van der Waals surface area contributed by atoms with Gasteiger partial charge in [-0.2, -0.15) is 5.10 Å². The Bertz CT molecular complexity index is 779.